The number of methoxy groups -OCH3 is 1. The van der Waals surface area contributed by atoms with Crippen LogP contribution in [-0.4, -0.2) is 40.8 Å². The predicted molar refractivity (Wildman–Crippen MR) is 61.9 cm³/mol. The molecule has 17 heavy (non-hydrogen) atoms. The molecule has 6 heteroatoms. The van der Waals surface area contributed by atoms with Gasteiger partial charge in [0, 0.05) is 32.1 Å². The Balaban J connectivity index is 2.15. The van der Waals surface area contributed by atoms with Crippen LogP contribution in [0.4, 0.5) is 0 Å². The molecule has 0 radical (unpaired) electrons. The molecular formula is C11H14N4O2. The summed E-state index contributed by atoms with van der Waals surface area (Å²) in [7, 11) is 1.59. The molecule has 2 aromatic heterocycles. The number of ether oxygens (including phenoxy) is 1. The van der Waals surface area contributed by atoms with E-state index in [0.717, 1.165) is 11.3 Å². The molecule has 1 N–H and O–H groups in total. The molecular weight excluding hydrogens is 220 g/mol. The summed E-state index contributed by atoms with van der Waals surface area (Å²) in [5, 5.41) is 6.93. The number of rotatable bonds is 4. The summed E-state index contributed by atoms with van der Waals surface area (Å²) in [6.45, 7) is 2.85. The van der Waals surface area contributed by atoms with Gasteiger partial charge in [0.1, 0.15) is 0 Å². The molecule has 0 saturated heterocycles. The highest BCUT2D eigenvalue weighted by molar-refractivity contribution is 5.93. The number of nitrogens with zero attached hydrogens (tertiary/aromatic N) is 3. The van der Waals surface area contributed by atoms with E-state index in [1.807, 2.05) is 13.0 Å². The normalized spacial score (nSPS) is 10.7. The molecule has 0 unspecified atom stereocenters. The van der Waals surface area contributed by atoms with Gasteiger partial charge in [-0.05, 0) is 6.92 Å². The van der Waals surface area contributed by atoms with Gasteiger partial charge in [0.05, 0.1) is 17.9 Å². The largest absolute Gasteiger partial charge is 0.383 e. The van der Waals surface area contributed by atoms with Crippen molar-refractivity contribution in [2.75, 3.05) is 20.3 Å². The second-order valence-corrected chi connectivity index (χ2v) is 3.68. The number of hydrogen-bond donors (Lipinski definition) is 1. The van der Waals surface area contributed by atoms with E-state index in [2.05, 4.69) is 15.4 Å². The van der Waals surface area contributed by atoms with E-state index in [0.29, 0.717) is 18.7 Å². The molecule has 0 aromatic carbocycles. The van der Waals surface area contributed by atoms with Gasteiger partial charge in [-0.15, -0.1) is 0 Å². The van der Waals surface area contributed by atoms with E-state index in [9.17, 15) is 4.79 Å². The number of aromatic nitrogens is 3. The first-order valence-electron chi connectivity index (χ1n) is 5.30. The number of carbonyl (C=O) groups is 1. The highest BCUT2D eigenvalue weighted by atomic mass is 16.5. The summed E-state index contributed by atoms with van der Waals surface area (Å²) in [4.78, 5) is 15.9. The molecule has 0 fully saturated rings. The van der Waals surface area contributed by atoms with Crippen molar-refractivity contribution in [3.05, 3.63) is 29.7 Å². The maximum atomic E-state index is 11.7. The van der Waals surface area contributed by atoms with Crippen LogP contribution in [0.2, 0.25) is 0 Å². The fourth-order valence-electron chi connectivity index (χ4n) is 1.48. The number of aryl methyl sites for hydroxylation is 1. The van der Waals surface area contributed by atoms with Gasteiger partial charge in [-0.25, -0.2) is 9.50 Å². The van der Waals surface area contributed by atoms with E-state index in [4.69, 9.17) is 4.74 Å². The fourth-order valence-corrected chi connectivity index (χ4v) is 1.48. The first-order valence-corrected chi connectivity index (χ1v) is 5.30. The number of hydrogen-bond acceptors (Lipinski definition) is 4. The molecule has 6 nitrogen and oxygen atoms in total. The van der Waals surface area contributed by atoms with Crippen molar-refractivity contribution >= 4 is 11.6 Å². The first-order chi connectivity index (χ1) is 8.20. The highest BCUT2D eigenvalue weighted by Gasteiger charge is 2.07. The van der Waals surface area contributed by atoms with Crippen molar-refractivity contribution in [1.29, 1.82) is 0 Å². The molecule has 2 rings (SSSR count). The summed E-state index contributed by atoms with van der Waals surface area (Å²) >= 11 is 0. The van der Waals surface area contributed by atoms with Crippen LogP contribution in [0.5, 0.6) is 0 Å². The summed E-state index contributed by atoms with van der Waals surface area (Å²) in [6.07, 6.45) is 3.20. The maximum absolute atomic E-state index is 11.7. The van der Waals surface area contributed by atoms with Gasteiger partial charge in [-0.1, -0.05) is 0 Å². The number of carbonyl (C=O) groups excluding carboxylic acids is 1. The zero-order valence-electron chi connectivity index (χ0n) is 9.80. The third-order valence-electron chi connectivity index (χ3n) is 2.29. The lowest BCUT2D eigenvalue weighted by Crippen LogP contribution is -2.27. The molecule has 0 aliphatic carbocycles. The lowest BCUT2D eigenvalue weighted by molar-refractivity contribution is 0.0936. The van der Waals surface area contributed by atoms with Crippen LogP contribution in [0.25, 0.3) is 5.65 Å². The Labute approximate surface area is 98.6 Å². The molecule has 0 aliphatic heterocycles. The van der Waals surface area contributed by atoms with Crippen molar-refractivity contribution in [2.45, 2.75) is 6.92 Å². The second-order valence-electron chi connectivity index (χ2n) is 3.68. The van der Waals surface area contributed by atoms with E-state index in [1.54, 1.807) is 24.0 Å². The number of nitrogens with one attached hydrogen (secondary N) is 1. The minimum Gasteiger partial charge on any atom is -0.383 e. The Hall–Kier alpha value is -1.95. The van der Waals surface area contributed by atoms with Gasteiger partial charge in [-0.3, -0.25) is 4.79 Å². The first kappa shape index (κ1) is 11.5. The molecule has 2 heterocycles. The van der Waals surface area contributed by atoms with E-state index >= 15 is 0 Å². The van der Waals surface area contributed by atoms with Crippen molar-refractivity contribution in [3.8, 4) is 0 Å². The Bertz CT molecular complexity index is 535. The third kappa shape index (κ3) is 2.59. The third-order valence-corrected chi connectivity index (χ3v) is 2.29. The zero-order chi connectivity index (χ0) is 12.3. The van der Waals surface area contributed by atoms with Crippen molar-refractivity contribution in [1.82, 2.24) is 19.9 Å². The minimum atomic E-state index is -0.176. The van der Waals surface area contributed by atoms with Gasteiger partial charge in [-0.2, -0.15) is 5.10 Å². The molecule has 90 valence electrons. The van der Waals surface area contributed by atoms with Gasteiger partial charge < -0.3 is 10.1 Å². The van der Waals surface area contributed by atoms with Crippen LogP contribution in [0.1, 0.15) is 16.1 Å². The van der Waals surface area contributed by atoms with Crippen LogP contribution < -0.4 is 5.32 Å². The molecule has 0 atom stereocenters. The lowest BCUT2D eigenvalue weighted by atomic mass is 10.3. The fraction of sp³-hybridized carbons (Fsp3) is 0.364. The maximum Gasteiger partial charge on any atom is 0.254 e. The monoisotopic (exact) mass is 234 g/mol. The van der Waals surface area contributed by atoms with Crippen LogP contribution >= 0.6 is 0 Å². The quantitative estimate of drug-likeness (QED) is 0.778. The standard InChI is InChI=1S/C11H14N4O2/c1-8-5-10-13-6-9(7-15(10)14-8)11(16)12-3-4-17-2/h5-7H,3-4H2,1-2H3,(H,12,16). The van der Waals surface area contributed by atoms with Gasteiger partial charge in [0.15, 0.2) is 5.65 Å². The summed E-state index contributed by atoms with van der Waals surface area (Å²) < 4.78 is 6.45. The molecule has 0 saturated carbocycles. The van der Waals surface area contributed by atoms with Gasteiger partial charge in [0.25, 0.3) is 5.91 Å². The van der Waals surface area contributed by atoms with Gasteiger partial charge >= 0.3 is 0 Å². The zero-order valence-corrected chi connectivity index (χ0v) is 9.80. The van der Waals surface area contributed by atoms with Crippen molar-refractivity contribution < 1.29 is 9.53 Å². The van der Waals surface area contributed by atoms with Crippen LogP contribution in [0.3, 0.4) is 0 Å². The highest BCUT2D eigenvalue weighted by Crippen LogP contribution is 2.04. The SMILES string of the molecule is COCCNC(=O)c1cnc2cc(C)nn2c1. The van der Waals surface area contributed by atoms with E-state index < -0.39 is 0 Å². The Kier molecular flexibility index (Phi) is 3.34. The Morgan fingerprint density at radius 1 is 1.59 bits per heavy atom. The predicted octanol–water partition coefficient (Wildman–Crippen LogP) is 0.414. The minimum absolute atomic E-state index is 0.176. The van der Waals surface area contributed by atoms with Crippen LogP contribution in [-0.2, 0) is 4.74 Å². The van der Waals surface area contributed by atoms with Crippen molar-refractivity contribution in [3.63, 3.8) is 0 Å². The smallest absolute Gasteiger partial charge is 0.254 e. The van der Waals surface area contributed by atoms with Crippen molar-refractivity contribution in [2.24, 2.45) is 0 Å². The summed E-state index contributed by atoms with van der Waals surface area (Å²) in [5.41, 5.74) is 2.09. The Morgan fingerprint density at radius 3 is 3.18 bits per heavy atom. The summed E-state index contributed by atoms with van der Waals surface area (Å²) in [5.74, 6) is -0.176. The van der Waals surface area contributed by atoms with E-state index in [-0.39, 0.29) is 5.91 Å². The van der Waals surface area contributed by atoms with E-state index in [1.165, 1.54) is 0 Å². The summed E-state index contributed by atoms with van der Waals surface area (Å²) in [6, 6.07) is 1.85. The van der Waals surface area contributed by atoms with Crippen LogP contribution in [0, 0.1) is 6.92 Å². The molecule has 2 aromatic rings. The van der Waals surface area contributed by atoms with Gasteiger partial charge in [0.2, 0.25) is 0 Å². The molecule has 0 bridgehead atoms. The average Bonchev–Trinajstić information content (AvgIpc) is 2.68. The number of amides is 1. The Morgan fingerprint density at radius 2 is 2.41 bits per heavy atom. The molecule has 0 aliphatic rings. The lowest BCUT2D eigenvalue weighted by Gasteiger charge is -2.04. The second kappa shape index (κ2) is 4.92. The van der Waals surface area contributed by atoms with Crippen LogP contribution in [0.15, 0.2) is 18.5 Å². The number of fused-ring (bicyclic) bond motifs is 1. The topological polar surface area (TPSA) is 68.5 Å². The molecule has 1 amide bonds. The molecule has 0 spiro atoms. The average molecular weight is 234 g/mol.